The largest absolute Gasteiger partial charge is 0.423 e. The Hall–Kier alpha value is -3.86. The fourth-order valence-corrected chi connectivity index (χ4v) is 5.27. The minimum absolute atomic E-state index is 0.0410. The van der Waals surface area contributed by atoms with Crippen LogP contribution in [0, 0.1) is 18.6 Å². The lowest BCUT2D eigenvalue weighted by Gasteiger charge is -2.26. The minimum Gasteiger partial charge on any atom is -0.423 e. The maximum Gasteiger partial charge on any atom is 0.300 e. The Morgan fingerprint density at radius 3 is 2.51 bits per heavy atom. The zero-order chi connectivity index (χ0) is 29.1. The van der Waals surface area contributed by atoms with E-state index >= 15 is 8.78 Å². The molecule has 8 nitrogen and oxygen atoms in total. The number of fused-ring (bicyclic) bond motifs is 1. The number of morpholine rings is 1. The van der Waals surface area contributed by atoms with Crippen molar-refractivity contribution < 1.29 is 22.7 Å². The molecule has 0 radical (unpaired) electrons. The SMILES string of the molecule is Cc1c(C(N)=O)ccc(Nc2nc3cccc(-c4cc(F)c(CN5CCOCC5)c(F)c4)c3o2)c1CCCN(C)C. The first-order valence-corrected chi connectivity index (χ1v) is 13.7. The molecule has 4 aromatic rings. The number of primary amides is 1. The van der Waals surface area contributed by atoms with E-state index in [0.717, 1.165) is 29.8 Å². The van der Waals surface area contributed by atoms with Crippen LogP contribution in [0.15, 0.2) is 46.9 Å². The lowest BCUT2D eigenvalue weighted by atomic mass is 9.96. The maximum absolute atomic E-state index is 15.2. The summed E-state index contributed by atoms with van der Waals surface area (Å²) in [5, 5.41) is 3.26. The highest BCUT2D eigenvalue weighted by Crippen LogP contribution is 2.35. The Bertz CT molecular complexity index is 1540. The van der Waals surface area contributed by atoms with Crippen LogP contribution in [-0.2, 0) is 17.7 Å². The van der Waals surface area contributed by atoms with Gasteiger partial charge >= 0.3 is 0 Å². The van der Waals surface area contributed by atoms with Gasteiger partial charge in [-0.1, -0.05) is 12.1 Å². The molecule has 0 spiro atoms. The van der Waals surface area contributed by atoms with E-state index in [1.807, 2.05) is 25.9 Å². The number of anilines is 2. The van der Waals surface area contributed by atoms with Crippen molar-refractivity contribution in [1.29, 1.82) is 0 Å². The van der Waals surface area contributed by atoms with Gasteiger partial charge in [-0.25, -0.2) is 8.78 Å². The summed E-state index contributed by atoms with van der Waals surface area (Å²) in [6, 6.07) is 11.7. The molecule has 5 rings (SSSR count). The van der Waals surface area contributed by atoms with Crippen LogP contribution in [0.5, 0.6) is 0 Å². The van der Waals surface area contributed by atoms with E-state index in [1.54, 1.807) is 30.3 Å². The van der Waals surface area contributed by atoms with Gasteiger partial charge in [-0.3, -0.25) is 9.69 Å². The molecular weight excluding hydrogens is 528 g/mol. The Balaban J connectivity index is 1.45. The Morgan fingerprint density at radius 2 is 1.83 bits per heavy atom. The zero-order valence-electron chi connectivity index (χ0n) is 23.6. The molecule has 0 unspecified atom stereocenters. The van der Waals surface area contributed by atoms with Crippen LogP contribution in [0.3, 0.4) is 0 Å². The first-order valence-electron chi connectivity index (χ1n) is 13.7. The van der Waals surface area contributed by atoms with Crippen LogP contribution < -0.4 is 11.1 Å². The van der Waals surface area contributed by atoms with E-state index in [0.29, 0.717) is 60.5 Å². The molecule has 1 saturated heterocycles. The third-order valence-electron chi connectivity index (χ3n) is 7.49. The summed E-state index contributed by atoms with van der Waals surface area (Å²) in [4.78, 5) is 20.7. The first kappa shape index (κ1) is 28.7. The van der Waals surface area contributed by atoms with Crippen LogP contribution >= 0.6 is 0 Å². The number of nitrogens with one attached hydrogen (secondary N) is 1. The molecular formula is C31H35F2N5O3. The van der Waals surface area contributed by atoms with Gasteiger partial charge in [-0.05, 0) is 87.4 Å². The number of hydrogen-bond donors (Lipinski definition) is 2. The zero-order valence-corrected chi connectivity index (χ0v) is 23.6. The molecule has 1 aliphatic rings. The van der Waals surface area contributed by atoms with E-state index in [4.69, 9.17) is 14.9 Å². The van der Waals surface area contributed by atoms with Gasteiger partial charge in [0.1, 0.15) is 17.2 Å². The minimum atomic E-state index is -0.603. The molecule has 3 aromatic carbocycles. The van der Waals surface area contributed by atoms with Gasteiger partial charge in [-0.15, -0.1) is 0 Å². The summed E-state index contributed by atoms with van der Waals surface area (Å²) in [6.45, 7) is 5.32. The molecule has 10 heteroatoms. The number of oxazole rings is 1. The number of nitrogens with two attached hydrogens (primary N) is 1. The number of rotatable bonds is 10. The van der Waals surface area contributed by atoms with Gasteiger partial charge < -0.3 is 25.1 Å². The number of benzene rings is 3. The molecule has 1 amide bonds. The second kappa shape index (κ2) is 12.3. The van der Waals surface area contributed by atoms with Crippen LogP contribution in [0.2, 0.25) is 0 Å². The summed E-state index contributed by atoms with van der Waals surface area (Å²) in [5.74, 6) is -1.69. The maximum atomic E-state index is 15.2. The van der Waals surface area contributed by atoms with Gasteiger partial charge in [0, 0.05) is 42.0 Å². The van der Waals surface area contributed by atoms with Crippen molar-refractivity contribution >= 4 is 28.7 Å². The Labute approximate surface area is 238 Å². The van der Waals surface area contributed by atoms with Gasteiger partial charge in [0.05, 0.1) is 13.2 Å². The molecule has 2 heterocycles. The molecule has 0 saturated carbocycles. The van der Waals surface area contributed by atoms with Crippen LogP contribution in [0.25, 0.3) is 22.2 Å². The summed E-state index contributed by atoms with van der Waals surface area (Å²) < 4.78 is 41.8. The molecule has 3 N–H and O–H groups in total. The lowest BCUT2D eigenvalue weighted by molar-refractivity contribution is 0.0332. The fraction of sp³-hybridized carbons (Fsp3) is 0.355. The third kappa shape index (κ3) is 6.40. The molecule has 1 fully saturated rings. The standard InChI is InChI=1S/C31H35F2N5O3/c1-19-21(7-5-11-37(2)3)27(10-9-22(19)30(34)39)35-31-36-28-8-4-6-23(29(28)41-31)20-16-25(32)24(26(33)17-20)18-38-12-14-40-15-13-38/h4,6,8-10,16-17H,5,7,11-15,18H2,1-3H3,(H2,34,39)(H,35,36). The second-order valence-electron chi connectivity index (χ2n) is 10.6. The number of carbonyl (C=O) groups excluding carboxylic acids is 1. The van der Waals surface area contributed by atoms with Gasteiger partial charge in [0.2, 0.25) is 5.91 Å². The molecule has 0 atom stereocenters. The van der Waals surface area contributed by atoms with Crippen LogP contribution in [-0.4, -0.2) is 67.6 Å². The first-order chi connectivity index (χ1) is 19.7. The molecule has 1 aliphatic heterocycles. The van der Waals surface area contributed by atoms with Crippen molar-refractivity contribution in [1.82, 2.24) is 14.8 Å². The van der Waals surface area contributed by atoms with Crippen molar-refractivity contribution in [2.75, 3.05) is 52.3 Å². The van der Waals surface area contributed by atoms with Crippen LogP contribution in [0.1, 0.15) is 33.5 Å². The Kier molecular flexibility index (Phi) is 8.63. The second-order valence-corrected chi connectivity index (χ2v) is 10.6. The molecule has 0 aliphatic carbocycles. The number of aromatic nitrogens is 1. The number of halogens is 2. The molecule has 0 bridgehead atoms. The highest BCUT2D eigenvalue weighted by Gasteiger charge is 2.20. The van der Waals surface area contributed by atoms with E-state index in [-0.39, 0.29) is 18.1 Å². The van der Waals surface area contributed by atoms with Gasteiger partial charge in [0.15, 0.2) is 5.58 Å². The van der Waals surface area contributed by atoms with Crippen LogP contribution in [0.4, 0.5) is 20.5 Å². The Morgan fingerprint density at radius 1 is 1.10 bits per heavy atom. The van der Waals surface area contributed by atoms with E-state index in [1.165, 1.54) is 12.1 Å². The van der Waals surface area contributed by atoms with E-state index < -0.39 is 17.5 Å². The van der Waals surface area contributed by atoms with Gasteiger partial charge in [-0.2, -0.15) is 4.98 Å². The molecule has 216 valence electrons. The topological polar surface area (TPSA) is 96.9 Å². The number of hydrogen-bond acceptors (Lipinski definition) is 7. The summed E-state index contributed by atoms with van der Waals surface area (Å²) >= 11 is 0. The van der Waals surface area contributed by atoms with Crippen molar-refractivity contribution in [3.8, 4) is 11.1 Å². The van der Waals surface area contributed by atoms with Crippen molar-refractivity contribution in [2.24, 2.45) is 5.73 Å². The fourth-order valence-electron chi connectivity index (χ4n) is 5.27. The van der Waals surface area contributed by atoms with Crippen molar-refractivity contribution in [3.63, 3.8) is 0 Å². The number of nitrogens with zero attached hydrogens (tertiary/aromatic N) is 3. The smallest absolute Gasteiger partial charge is 0.300 e. The molecule has 1 aromatic heterocycles. The number of para-hydroxylation sites is 1. The highest BCUT2D eigenvalue weighted by atomic mass is 19.1. The normalized spacial score (nSPS) is 14.2. The average Bonchev–Trinajstić information content (AvgIpc) is 3.35. The summed E-state index contributed by atoms with van der Waals surface area (Å²) in [5.41, 5.74) is 10.5. The van der Waals surface area contributed by atoms with Crippen molar-refractivity contribution in [3.05, 3.63) is 76.4 Å². The van der Waals surface area contributed by atoms with Gasteiger partial charge in [0.25, 0.3) is 6.01 Å². The highest BCUT2D eigenvalue weighted by molar-refractivity contribution is 5.95. The monoisotopic (exact) mass is 563 g/mol. The van der Waals surface area contributed by atoms with Crippen molar-refractivity contribution in [2.45, 2.75) is 26.3 Å². The number of carbonyl (C=O) groups is 1. The van der Waals surface area contributed by atoms with E-state index in [2.05, 4.69) is 15.2 Å². The third-order valence-corrected chi connectivity index (χ3v) is 7.49. The quantitative estimate of drug-likeness (QED) is 0.272. The number of ether oxygens (including phenoxy) is 1. The predicted molar refractivity (Wildman–Crippen MR) is 155 cm³/mol. The number of amides is 1. The summed E-state index contributed by atoms with van der Waals surface area (Å²) in [6.07, 6.45) is 1.59. The molecule has 41 heavy (non-hydrogen) atoms. The predicted octanol–water partition coefficient (Wildman–Crippen LogP) is 5.25. The average molecular weight is 564 g/mol. The lowest BCUT2D eigenvalue weighted by Crippen LogP contribution is -2.36. The summed E-state index contributed by atoms with van der Waals surface area (Å²) in [7, 11) is 4.02. The van der Waals surface area contributed by atoms with E-state index in [9.17, 15) is 4.79 Å².